The fourth-order valence-corrected chi connectivity index (χ4v) is 2.99. The van der Waals surface area contributed by atoms with E-state index < -0.39 is 5.97 Å². The highest BCUT2D eigenvalue weighted by atomic mass is 79.9. The Morgan fingerprint density at radius 1 is 1.44 bits per heavy atom. The van der Waals surface area contributed by atoms with Gasteiger partial charge in [-0.2, -0.15) is 0 Å². The van der Waals surface area contributed by atoms with E-state index in [1.165, 1.54) is 0 Å². The van der Waals surface area contributed by atoms with Gasteiger partial charge < -0.3 is 5.11 Å². The van der Waals surface area contributed by atoms with Crippen molar-refractivity contribution in [3.63, 3.8) is 0 Å². The van der Waals surface area contributed by atoms with Gasteiger partial charge in [-0.3, -0.25) is 9.89 Å². The minimum Gasteiger partial charge on any atom is -0.481 e. The number of aromatic amines is 1. The Labute approximate surface area is 124 Å². The van der Waals surface area contributed by atoms with Crippen molar-refractivity contribution in [3.8, 4) is 11.4 Å². The van der Waals surface area contributed by atoms with Crippen LogP contribution in [0.15, 0.2) is 32.3 Å². The van der Waals surface area contributed by atoms with Gasteiger partial charge in [0.25, 0.3) is 0 Å². The summed E-state index contributed by atoms with van der Waals surface area (Å²) in [4.78, 5) is 14.7. The van der Waals surface area contributed by atoms with Crippen LogP contribution in [0.5, 0.6) is 0 Å². The van der Waals surface area contributed by atoms with Crippen LogP contribution < -0.4 is 0 Å². The Morgan fingerprint density at radius 3 is 2.89 bits per heavy atom. The number of aliphatic carboxylic acids is 1. The molecule has 0 atom stereocenters. The average molecular weight is 393 g/mol. The van der Waals surface area contributed by atoms with Crippen molar-refractivity contribution in [2.45, 2.75) is 5.16 Å². The van der Waals surface area contributed by atoms with Gasteiger partial charge in [-0.1, -0.05) is 27.7 Å². The zero-order chi connectivity index (χ0) is 13.1. The first-order valence-electron chi connectivity index (χ1n) is 4.78. The number of hydrogen-bond acceptors (Lipinski definition) is 4. The molecule has 2 aromatic rings. The molecule has 1 heterocycles. The van der Waals surface area contributed by atoms with Crippen LogP contribution in [-0.4, -0.2) is 32.0 Å². The Bertz CT molecular complexity index is 588. The Kier molecular flexibility index (Phi) is 4.41. The molecule has 5 nitrogen and oxygen atoms in total. The van der Waals surface area contributed by atoms with Crippen LogP contribution in [0, 0.1) is 0 Å². The van der Waals surface area contributed by atoms with Crippen LogP contribution in [0.25, 0.3) is 11.4 Å². The molecule has 0 spiro atoms. The van der Waals surface area contributed by atoms with E-state index in [1.54, 1.807) is 0 Å². The molecule has 8 heteroatoms. The van der Waals surface area contributed by atoms with Crippen molar-refractivity contribution < 1.29 is 9.90 Å². The van der Waals surface area contributed by atoms with Gasteiger partial charge in [0, 0.05) is 14.5 Å². The quantitative estimate of drug-likeness (QED) is 0.781. The third-order valence-electron chi connectivity index (χ3n) is 1.98. The number of hydrogen-bond donors (Lipinski definition) is 2. The van der Waals surface area contributed by atoms with E-state index in [0.29, 0.717) is 11.0 Å². The molecule has 94 valence electrons. The Hall–Kier alpha value is -0.860. The number of thioether (sulfide) groups is 1. The lowest BCUT2D eigenvalue weighted by Crippen LogP contribution is -1.97. The van der Waals surface area contributed by atoms with Gasteiger partial charge in [-0.25, -0.2) is 4.98 Å². The lowest BCUT2D eigenvalue weighted by atomic mass is 10.2. The monoisotopic (exact) mass is 391 g/mol. The third-order valence-corrected chi connectivity index (χ3v) is 3.96. The molecule has 0 amide bonds. The number of halogens is 2. The van der Waals surface area contributed by atoms with Crippen molar-refractivity contribution in [1.82, 2.24) is 15.2 Å². The lowest BCUT2D eigenvalue weighted by molar-refractivity contribution is -0.133. The lowest BCUT2D eigenvalue weighted by Gasteiger charge is -2.00. The summed E-state index contributed by atoms with van der Waals surface area (Å²) in [5, 5.41) is 15.7. The van der Waals surface area contributed by atoms with Crippen LogP contribution in [0.2, 0.25) is 0 Å². The van der Waals surface area contributed by atoms with E-state index in [2.05, 4.69) is 47.0 Å². The number of nitrogens with zero attached hydrogens (tertiary/aromatic N) is 2. The highest BCUT2D eigenvalue weighted by molar-refractivity contribution is 9.11. The Morgan fingerprint density at radius 2 is 2.22 bits per heavy atom. The maximum absolute atomic E-state index is 10.4. The zero-order valence-electron chi connectivity index (χ0n) is 8.85. The second-order valence-corrected chi connectivity index (χ2v) is 5.99. The zero-order valence-corrected chi connectivity index (χ0v) is 12.8. The van der Waals surface area contributed by atoms with Crippen molar-refractivity contribution in [1.29, 1.82) is 0 Å². The second-order valence-electron chi connectivity index (χ2n) is 3.27. The largest absolute Gasteiger partial charge is 0.481 e. The van der Waals surface area contributed by atoms with Crippen molar-refractivity contribution in [3.05, 3.63) is 27.1 Å². The third kappa shape index (κ3) is 3.33. The molecule has 18 heavy (non-hydrogen) atoms. The molecule has 0 aliphatic heterocycles. The number of benzene rings is 1. The molecular weight excluding hydrogens is 386 g/mol. The summed E-state index contributed by atoms with van der Waals surface area (Å²) in [6.45, 7) is 0. The fourth-order valence-electron chi connectivity index (χ4n) is 1.24. The molecular formula is C10H7Br2N3O2S. The highest BCUT2D eigenvalue weighted by Gasteiger charge is 2.10. The number of rotatable bonds is 4. The van der Waals surface area contributed by atoms with E-state index in [1.807, 2.05) is 18.2 Å². The second kappa shape index (κ2) is 5.85. The number of carbonyl (C=O) groups is 1. The Balaban J connectivity index is 2.21. The predicted octanol–water partition coefficient (Wildman–Crippen LogP) is 3.17. The number of carboxylic acids is 1. The summed E-state index contributed by atoms with van der Waals surface area (Å²) in [7, 11) is 0. The first kappa shape index (κ1) is 13.6. The maximum Gasteiger partial charge on any atom is 0.313 e. The highest BCUT2D eigenvalue weighted by Crippen LogP contribution is 2.29. The summed E-state index contributed by atoms with van der Waals surface area (Å²) in [5.74, 6) is -0.350. The predicted molar refractivity (Wildman–Crippen MR) is 75.6 cm³/mol. The minimum atomic E-state index is -0.892. The molecule has 0 aliphatic rings. The first-order valence-corrected chi connectivity index (χ1v) is 7.36. The summed E-state index contributed by atoms with van der Waals surface area (Å²) in [6.07, 6.45) is 0. The van der Waals surface area contributed by atoms with Gasteiger partial charge in [0.15, 0.2) is 5.82 Å². The summed E-state index contributed by atoms with van der Waals surface area (Å²) in [6, 6.07) is 5.69. The number of carboxylic acid groups (broad SMARTS) is 1. The van der Waals surface area contributed by atoms with Crippen LogP contribution in [-0.2, 0) is 4.79 Å². The molecule has 1 aromatic heterocycles. The molecule has 0 saturated heterocycles. The average Bonchev–Trinajstić information content (AvgIpc) is 2.75. The van der Waals surface area contributed by atoms with Crippen LogP contribution in [0.3, 0.4) is 0 Å². The van der Waals surface area contributed by atoms with E-state index in [9.17, 15) is 4.79 Å². The number of nitrogens with one attached hydrogen (secondary N) is 1. The fraction of sp³-hybridized carbons (Fsp3) is 0.100. The topological polar surface area (TPSA) is 78.9 Å². The SMILES string of the molecule is O=C(O)CSc1n[nH]c(-c2ccc(Br)cc2Br)n1. The van der Waals surface area contributed by atoms with Crippen molar-refractivity contribution >= 4 is 49.6 Å². The van der Waals surface area contributed by atoms with Crippen LogP contribution >= 0.6 is 43.6 Å². The molecule has 0 fully saturated rings. The van der Waals surface area contributed by atoms with E-state index >= 15 is 0 Å². The normalized spacial score (nSPS) is 10.6. The van der Waals surface area contributed by atoms with Crippen LogP contribution in [0.4, 0.5) is 0 Å². The summed E-state index contributed by atoms with van der Waals surface area (Å²) >= 11 is 7.88. The van der Waals surface area contributed by atoms with Gasteiger partial charge in [0.2, 0.25) is 5.16 Å². The van der Waals surface area contributed by atoms with Gasteiger partial charge in [-0.05, 0) is 34.1 Å². The standard InChI is InChI=1S/C10H7Br2N3O2S/c11-5-1-2-6(7(12)3-5)9-13-10(15-14-9)18-4-8(16)17/h1-3H,4H2,(H,16,17)(H,13,14,15). The van der Waals surface area contributed by atoms with Gasteiger partial charge in [0.05, 0.1) is 5.75 Å². The maximum atomic E-state index is 10.4. The molecule has 0 saturated carbocycles. The van der Waals surface area contributed by atoms with Gasteiger partial charge in [-0.15, -0.1) is 5.10 Å². The summed E-state index contributed by atoms with van der Waals surface area (Å²) in [5.41, 5.74) is 0.868. The minimum absolute atomic E-state index is 0.0567. The van der Waals surface area contributed by atoms with Gasteiger partial charge >= 0.3 is 5.97 Å². The van der Waals surface area contributed by atoms with Crippen LogP contribution in [0.1, 0.15) is 0 Å². The smallest absolute Gasteiger partial charge is 0.313 e. The van der Waals surface area contributed by atoms with Crippen molar-refractivity contribution in [2.24, 2.45) is 0 Å². The van der Waals surface area contributed by atoms with Gasteiger partial charge in [0.1, 0.15) is 0 Å². The molecule has 0 radical (unpaired) electrons. The van der Waals surface area contributed by atoms with E-state index in [-0.39, 0.29) is 5.75 Å². The molecule has 2 N–H and O–H groups in total. The first-order chi connectivity index (χ1) is 8.56. The molecule has 2 rings (SSSR count). The molecule has 0 aliphatic carbocycles. The molecule has 1 aromatic carbocycles. The number of H-pyrrole nitrogens is 1. The molecule has 0 unspecified atom stereocenters. The molecule has 0 bridgehead atoms. The van der Waals surface area contributed by atoms with Crippen molar-refractivity contribution in [2.75, 3.05) is 5.75 Å². The number of aromatic nitrogens is 3. The van der Waals surface area contributed by atoms with E-state index in [4.69, 9.17) is 5.11 Å². The van der Waals surface area contributed by atoms with E-state index in [0.717, 1.165) is 26.3 Å². The summed E-state index contributed by atoms with van der Waals surface area (Å²) < 4.78 is 1.83.